The zero-order valence-electron chi connectivity index (χ0n) is 15.4. The van der Waals surface area contributed by atoms with Gasteiger partial charge >= 0.3 is 0 Å². The molecule has 5 nitrogen and oxygen atoms in total. The summed E-state index contributed by atoms with van der Waals surface area (Å²) in [4.78, 5) is 31.6. The zero-order valence-corrected chi connectivity index (χ0v) is 16.2. The zero-order chi connectivity index (χ0) is 19.5. The third-order valence-corrected chi connectivity index (χ3v) is 5.58. The summed E-state index contributed by atoms with van der Waals surface area (Å²) in [6.07, 6.45) is 1.46. The van der Waals surface area contributed by atoms with Gasteiger partial charge in [0.15, 0.2) is 0 Å². The predicted molar refractivity (Wildman–Crippen MR) is 112 cm³/mol. The van der Waals surface area contributed by atoms with Gasteiger partial charge in [0.25, 0.3) is 5.56 Å². The number of carbonyl (C=O) groups is 1. The minimum atomic E-state index is -0.222. The second-order valence-electron chi connectivity index (χ2n) is 6.52. The maximum absolute atomic E-state index is 13.1. The Labute approximate surface area is 166 Å². The Morgan fingerprint density at radius 3 is 2.46 bits per heavy atom. The summed E-state index contributed by atoms with van der Waals surface area (Å²) in [7, 11) is 0. The molecule has 0 saturated heterocycles. The molecule has 0 radical (unpaired) electrons. The van der Waals surface area contributed by atoms with E-state index in [2.05, 4.69) is 10.3 Å². The molecule has 28 heavy (non-hydrogen) atoms. The van der Waals surface area contributed by atoms with Crippen LogP contribution in [0.3, 0.4) is 0 Å². The van der Waals surface area contributed by atoms with Gasteiger partial charge in [0.2, 0.25) is 5.91 Å². The molecule has 4 aromatic rings. The fourth-order valence-electron chi connectivity index (χ4n) is 3.21. The number of hydrogen-bond donors (Lipinski definition) is 1. The van der Waals surface area contributed by atoms with Crippen LogP contribution in [0.5, 0.6) is 0 Å². The summed E-state index contributed by atoms with van der Waals surface area (Å²) >= 11 is 1.50. The van der Waals surface area contributed by atoms with Crippen LogP contribution < -0.4 is 10.9 Å². The van der Waals surface area contributed by atoms with Crippen LogP contribution in [0.4, 0.5) is 0 Å². The Bertz CT molecular complexity index is 1180. The Balaban J connectivity index is 1.63. The molecular formula is C22H19N3O2S. The first kappa shape index (κ1) is 18.1. The van der Waals surface area contributed by atoms with Crippen molar-refractivity contribution in [3.63, 3.8) is 0 Å². The number of nitrogens with one attached hydrogen (secondary N) is 1. The van der Waals surface area contributed by atoms with E-state index in [4.69, 9.17) is 0 Å². The van der Waals surface area contributed by atoms with Crippen LogP contribution in [0.25, 0.3) is 21.3 Å². The fourth-order valence-corrected chi connectivity index (χ4v) is 4.21. The van der Waals surface area contributed by atoms with Crippen LogP contribution in [-0.4, -0.2) is 15.5 Å². The molecule has 0 aliphatic rings. The van der Waals surface area contributed by atoms with Crippen LogP contribution in [0, 0.1) is 6.92 Å². The minimum Gasteiger partial charge on any atom is -0.350 e. The highest BCUT2D eigenvalue weighted by molar-refractivity contribution is 7.19. The van der Waals surface area contributed by atoms with Crippen molar-refractivity contribution in [3.8, 4) is 11.1 Å². The highest BCUT2D eigenvalue weighted by Crippen LogP contribution is 2.35. The molecule has 0 unspecified atom stereocenters. The van der Waals surface area contributed by atoms with E-state index in [1.54, 1.807) is 0 Å². The lowest BCUT2D eigenvalue weighted by molar-refractivity contribution is -0.121. The molecule has 0 fully saturated rings. The monoisotopic (exact) mass is 389 g/mol. The molecule has 2 aromatic carbocycles. The lowest BCUT2D eigenvalue weighted by Gasteiger charge is -2.08. The molecule has 0 aliphatic heterocycles. The van der Waals surface area contributed by atoms with Crippen molar-refractivity contribution in [1.82, 2.24) is 14.9 Å². The number of hydrogen-bond acceptors (Lipinski definition) is 4. The summed E-state index contributed by atoms with van der Waals surface area (Å²) in [5, 5.41) is 3.43. The van der Waals surface area contributed by atoms with Gasteiger partial charge in [-0.2, -0.15) is 0 Å². The summed E-state index contributed by atoms with van der Waals surface area (Å²) in [6, 6.07) is 19.5. The van der Waals surface area contributed by atoms with Gasteiger partial charge in [-0.05, 0) is 18.1 Å². The third-order valence-electron chi connectivity index (χ3n) is 4.56. The molecule has 0 atom stereocenters. The van der Waals surface area contributed by atoms with E-state index >= 15 is 0 Å². The Morgan fingerprint density at radius 2 is 1.75 bits per heavy atom. The molecule has 140 valence electrons. The van der Waals surface area contributed by atoms with Gasteiger partial charge in [0.05, 0.1) is 11.7 Å². The topological polar surface area (TPSA) is 64.0 Å². The molecule has 6 heteroatoms. The largest absolute Gasteiger partial charge is 0.350 e. The number of rotatable bonds is 5. The number of thiophene rings is 1. The van der Waals surface area contributed by atoms with Gasteiger partial charge in [-0.25, -0.2) is 4.98 Å². The van der Waals surface area contributed by atoms with Crippen LogP contribution in [0.15, 0.2) is 71.8 Å². The van der Waals surface area contributed by atoms with Gasteiger partial charge in [0.1, 0.15) is 11.4 Å². The molecule has 1 amide bonds. The van der Waals surface area contributed by atoms with Crippen molar-refractivity contribution < 1.29 is 4.79 Å². The predicted octanol–water partition coefficient (Wildman–Crippen LogP) is 3.75. The van der Waals surface area contributed by atoms with Crippen molar-refractivity contribution in [2.45, 2.75) is 20.0 Å². The first-order valence-corrected chi connectivity index (χ1v) is 9.79. The molecular weight excluding hydrogens is 370 g/mol. The van der Waals surface area contributed by atoms with Gasteiger partial charge in [0, 0.05) is 17.0 Å². The molecule has 4 rings (SSSR count). The van der Waals surface area contributed by atoms with E-state index in [-0.39, 0.29) is 18.0 Å². The molecule has 2 aromatic heterocycles. The van der Waals surface area contributed by atoms with Crippen molar-refractivity contribution in [2.24, 2.45) is 0 Å². The van der Waals surface area contributed by atoms with Gasteiger partial charge in [-0.15, -0.1) is 11.3 Å². The normalized spacial score (nSPS) is 10.9. The first-order valence-electron chi connectivity index (χ1n) is 8.98. The van der Waals surface area contributed by atoms with E-state index in [9.17, 15) is 9.59 Å². The SMILES string of the molecule is Cc1sc2ncn(CC(=O)NCc3ccccc3)c(=O)c2c1-c1ccccc1. The Morgan fingerprint density at radius 1 is 1.07 bits per heavy atom. The van der Waals surface area contributed by atoms with Crippen LogP contribution in [-0.2, 0) is 17.9 Å². The average molecular weight is 389 g/mol. The average Bonchev–Trinajstić information content (AvgIpc) is 3.07. The van der Waals surface area contributed by atoms with Crippen molar-refractivity contribution in [1.29, 1.82) is 0 Å². The maximum atomic E-state index is 13.1. The van der Waals surface area contributed by atoms with E-state index < -0.39 is 0 Å². The van der Waals surface area contributed by atoms with E-state index in [0.29, 0.717) is 16.8 Å². The minimum absolute atomic E-state index is 0.0578. The first-order chi connectivity index (χ1) is 13.6. The molecule has 0 aliphatic carbocycles. The van der Waals surface area contributed by atoms with Crippen LogP contribution in [0.2, 0.25) is 0 Å². The molecule has 0 saturated carbocycles. The summed E-state index contributed by atoms with van der Waals surface area (Å²) in [5.74, 6) is -0.222. The van der Waals surface area contributed by atoms with Crippen molar-refractivity contribution in [2.75, 3.05) is 0 Å². The number of fused-ring (bicyclic) bond motifs is 1. The standard InChI is InChI=1S/C22H19N3O2S/c1-15-19(17-10-6-3-7-11-17)20-21(28-15)24-14-25(22(20)27)13-18(26)23-12-16-8-4-2-5-9-16/h2-11,14H,12-13H2,1H3,(H,23,26). The Kier molecular flexibility index (Phi) is 5.04. The Hall–Kier alpha value is -3.25. The number of carbonyl (C=O) groups excluding carboxylic acids is 1. The molecule has 1 N–H and O–H groups in total. The fraction of sp³-hybridized carbons (Fsp3) is 0.136. The number of aryl methyl sites for hydroxylation is 1. The highest BCUT2D eigenvalue weighted by Gasteiger charge is 2.17. The van der Waals surface area contributed by atoms with Crippen molar-refractivity contribution in [3.05, 3.63) is 87.8 Å². The highest BCUT2D eigenvalue weighted by atomic mass is 32.1. The molecule has 0 bridgehead atoms. The van der Waals surface area contributed by atoms with E-state index in [0.717, 1.165) is 21.6 Å². The van der Waals surface area contributed by atoms with Gasteiger partial charge in [-0.3, -0.25) is 14.2 Å². The number of aromatic nitrogens is 2. The lowest BCUT2D eigenvalue weighted by atomic mass is 10.0. The van der Waals surface area contributed by atoms with E-state index in [1.165, 1.54) is 22.2 Å². The summed E-state index contributed by atoms with van der Waals surface area (Å²) in [6.45, 7) is 2.36. The molecule has 2 heterocycles. The third kappa shape index (κ3) is 3.59. The quantitative estimate of drug-likeness (QED) is 0.565. The summed E-state index contributed by atoms with van der Waals surface area (Å²) in [5.41, 5.74) is 2.70. The van der Waals surface area contributed by atoms with Crippen LogP contribution >= 0.6 is 11.3 Å². The van der Waals surface area contributed by atoms with Crippen molar-refractivity contribution >= 4 is 27.5 Å². The second kappa shape index (κ2) is 7.78. The maximum Gasteiger partial charge on any atom is 0.263 e. The van der Waals surface area contributed by atoms with E-state index in [1.807, 2.05) is 67.6 Å². The smallest absolute Gasteiger partial charge is 0.263 e. The lowest BCUT2D eigenvalue weighted by Crippen LogP contribution is -2.32. The van der Waals surface area contributed by atoms with Gasteiger partial charge < -0.3 is 5.32 Å². The second-order valence-corrected chi connectivity index (χ2v) is 7.72. The van der Waals surface area contributed by atoms with Crippen LogP contribution in [0.1, 0.15) is 10.4 Å². The number of benzene rings is 2. The summed E-state index contributed by atoms with van der Waals surface area (Å²) < 4.78 is 1.38. The number of amides is 1. The molecule has 0 spiro atoms. The number of nitrogens with zero attached hydrogens (tertiary/aromatic N) is 2. The van der Waals surface area contributed by atoms with Gasteiger partial charge in [-0.1, -0.05) is 60.7 Å².